The summed E-state index contributed by atoms with van der Waals surface area (Å²) in [5.74, 6) is 0.593. The number of aromatic nitrogens is 3. The minimum atomic E-state index is -0.00815. The summed E-state index contributed by atoms with van der Waals surface area (Å²) in [6.07, 6.45) is 3.54. The fourth-order valence-corrected chi connectivity index (χ4v) is 2.69. The second-order valence-corrected chi connectivity index (χ2v) is 5.81. The van der Waals surface area contributed by atoms with Crippen molar-refractivity contribution >= 4 is 5.82 Å². The van der Waals surface area contributed by atoms with Gasteiger partial charge < -0.3 is 5.32 Å². The van der Waals surface area contributed by atoms with Crippen LogP contribution in [0.5, 0.6) is 0 Å². The van der Waals surface area contributed by atoms with Crippen molar-refractivity contribution in [2.75, 3.05) is 5.32 Å². The third-order valence-electron chi connectivity index (χ3n) is 4.07. The van der Waals surface area contributed by atoms with Gasteiger partial charge in [0.25, 0.3) is 0 Å². The van der Waals surface area contributed by atoms with Gasteiger partial charge in [0.15, 0.2) is 0 Å². The summed E-state index contributed by atoms with van der Waals surface area (Å²) in [5, 5.41) is 17.0. The topological polar surface area (TPSA) is 66.5 Å². The molecule has 2 aromatic heterocycles. The molecule has 3 aromatic rings. The van der Waals surface area contributed by atoms with E-state index in [2.05, 4.69) is 52.7 Å². The predicted molar refractivity (Wildman–Crippen MR) is 94.0 cm³/mol. The molecular formula is C19H19N5. The molecular weight excluding hydrogens is 298 g/mol. The zero-order valence-electron chi connectivity index (χ0n) is 14.0. The van der Waals surface area contributed by atoms with Gasteiger partial charge in [-0.2, -0.15) is 10.4 Å². The first-order chi connectivity index (χ1) is 11.6. The monoisotopic (exact) mass is 317 g/mol. The second-order valence-electron chi connectivity index (χ2n) is 5.81. The van der Waals surface area contributed by atoms with Gasteiger partial charge in [-0.15, -0.1) is 0 Å². The molecule has 1 aromatic carbocycles. The molecule has 3 rings (SSSR count). The molecule has 5 heteroatoms. The zero-order chi connectivity index (χ0) is 17.1. The SMILES string of the molecule is Cc1ccc(-n2ncc([C@H](C)Nc3ncccc3C#N)c2C)cc1. The van der Waals surface area contributed by atoms with Crippen molar-refractivity contribution in [3.05, 3.63) is 71.2 Å². The van der Waals surface area contributed by atoms with E-state index in [4.69, 9.17) is 0 Å². The molecule has 0 amide bonds. The minimum Gasteiger partial charge on any atom is -0.362 e. The molecule has 0 unspecified atom stereocenters. The van der Waals surface area contributed by atoms with E-state index >= 15 is 0 Å². The van der Waals surface area contributed by atoms with Crippen LogP contribution in [0.1, 0.15) is 35.3 Å². The number of rotatable bonds is 4. The molecule has 5 nitrogen and oxygen atoms in total. The van der Waals surface area contributed by atoms with Gasteiger partial charge in [-0.05, 0) is 45.0 Å². The molecule has 0 saturated heterocycles. The molecule has 0 saturated carbocycles. The van der Waals surface area contributed by atoms with Crippen LogP contribution in [0.25, 0.3) is 5.69 Å². The normalized spacial score (nSPS) is 11.8. The molecule has 24 heavy (non-hydrogen) atoms. The number of anilines is 1. The van der Waals surface area contributed by atoms with E-state index < -0.39 is 0 Å². The molecule has 1 N–H and O–H groups in total. The van der Waals surface area contributed by atoms with Crippen LogP contribution in [0.4, 0.5) is 5.82 Å². The number of aryl methyl sites for hydroxylation is 1. The van der Waals surface area contributed by atoms with Crippen molar-refractivity contribution in [1.29, 1.82) is 5.26 Å². The first kappa shape index (κ1) is 15.8. The van der Waals surface area contributed by atoms with Gasteiger partial charge in [0.05, 0.1) is 23.5 Å². The fraction of sp³-hybridized carbons (Fsp3) is 0.211. The Bertz CT molecular complexity index is 887. The molecule has 0 fully saturated rings. The van der Waals surface area contributed by atoms with E-state index in [1.807, 2.05) is 24.7 Å². The molecule has 120 valence electrons. The van der Waals surface area contributed by atoms with E-state index in [1.54, 1.807) is 18.3 Å². The van der Waals surface area contributed by atoms with Gasteiger partial charge in [-0.1, -0.05) is 17.7 Å². The lowest BCUT2D eigenvalue weighted by molar-refractivity contribution is 0.826. The highest BCUT2D eigenvalue weighted by Gasteiger charge is 2.16. The van der Waals surface area contributed by atoms with Crippen LogP contribution in [0.3, 0.4) is 0 Å². The zero-order valence-corrected chi connectivity index (χ0v) is 14.0. The first-order valence-electron chi connectivity index (χ1n) is 7.83. The number of nitrogens with zero attached hydrogens (tertiary/aromatic N) is 4. The Morgan fingerprint density at radius 3 is 2.62 bits per heavy atom. The molecule has 1 atom stereocenters. The third kappa shape index (κ3) is 2.99. The van der Waals surface area contributed by atoms with Crippen molar-refractivity contribution in [1.82, 2.24) is 14.8 Å². The second kappa shape index (κ2) is 6.55. The summed E-state index contributed by atoms with van der Waals surface area (Å²) in [4.78, 5) is 4.26. The summed E-state index contributed by atoms with van der Waals surface area (Å²) in [5.41, 5.74) is 4.93. The van der Waals surface area contributed by atoms with Gasteiger partial charge in [0, 0.05) is 17.5 Å². The van der Waals surface area contributed by atoms with Crippen LogP contribution in [0.2, 0.25) is 0 Å². The van der Waals surface area contributed by atoms with Gasteiger partial charge in [-0.3, -0.25) is 0 Å². The number of nitrogens with one attached hydrogen (secondary N) is 1. The van der Waals surface area contributed by atoms with Crippen molar-refractivity contribution in [2.45, 2.75) is 26.8 Å². The largest absolute Gasteiger partial charge is 0.362 e. The lowest BCUT2D eigenvalue weighted by Crippen LogP contribution is -2.10. The first-order valence-corrected chi connectivity index (χ1v) is 7.83. The van der Waals surface area contributed by atoms with Gasteiger partial charge in [0.1, 0.15) is 11.9 Å². The summed E-state index contributed by atoms with van der Waals surface area (Å²) >= 11 is 0. The van der Waals surface area contributed by atoms with E-state index in [1.165, 1.54) is 5.56 Å². The van der Waals surface area contributed by atoms with Crippen LogP contribution in [0.15, 0.2) is 48.8 Å². The summed E-state index contributed by atoms with van der Waals surface area (Å²) in [6, 6.07) is 13.9. The van der Waals surface area contributed by atoms with E-state index in [-0.39, 0.29) is 6.04 Å². The van der Waals surface area contributed by atoms with Crippen LogP contribution in [-0.2, 0) is 0 Å². The maximum absolute atomic E-state index is 9.19. The summed E-state index contributed by atoms with van der Waals surface area (Å²) in [6.45, 7) is 6.15. The molecule has 2 heterocycles. The van der Waals surface area contributed by atoms with E-state index in [9.17, 15) is 5.26 Å². The average Bonchev–Trinajstić information content (AvgIpc) is 2.98. The Hall–Kier alpha value is -3.13. The number of nitriles is 1. The molecule has 0 aliphatic rings. The van der Waals surface area contributed by atoms with Crippen molar-refractivity contribution < 1.29 is 0 Å². The van der Waals surface area contributed by atoms with Crippen LogP contribution < -0.4 is 5.32 Å². The lowest BCUT2D eigenvalue weighted by Gasteiger charge is -2.15. The Morgan fingerprint density at radius 2 is 1.92 bits per heavy atom. The molecule has 0 aliphatic carbocycles. The average molecular weight is 317 g/mol. The standard InChI is InChI=1S/C19H19N5/c1-13-6-8-17(9-7-13)24-15(3)18(12-22-24)14(2)23-19-16(11-20)5-4-10-21-19/h4-10,12,14H,1-3H3,(H,21,23)/t14-/m0/s1. The maximum Gasteiger partial charge on any atom is 0.144 e. The smallest absolute Gasteiger partial charge is 0.144 e. The molecule has 0 radical (unpaired) electrons. The Balaban J connectivity index is 1.88. The number of hydrogen-bond donors (Lipinski definition) is 1. The predicted octanol–water partition coefficient (Wildman–Crippen LogP) is 3.93. The summed E-state index contributed by atoms with van der Waals surface area (Å²) < 4.78 is 1.93. The highest BCUT2D eigenvalue weighted by molar-refractivity contribution is 5.52. The van der Waals surface area contributed by atoms with Crippen molar-refractivity contribution in [2.24, 2.45) is 0 Å². The number of pyridine rings is 1. The Kier molecular flexibility index (Phi) is 4.30. The van der Waals surface area contributed by atoms with Gasteiger partial charge in [-0.25, -0.2) is 9.67 Å². The third-order valence-corrected chi connectivity index (χ3v) is 4.07. The number of benzene rings is 1. The minimum absolute atomic E-state index is 0.00815. The van der Waals surface area contributed by atoms with E-state index in [0.29, 0.717) is 11.4 Å². The highest BCUT2D eigenvalue weighted by atomic mass is 15.3. The van der Waals surface area contributed by atoms with Gasteiger partial charge >= 0.3 is 0 Å². The van der Waals surface area contributed by atoms with Crippen LogP contribution in [0, 0.1) is 25.2 Å². The molecule has 0 aliphatic heterocycles. The highest BCUT2D eigenvalue weighted by Crippen LogP contribution is 2.24. The van der Waals surface area contributed by atoms with Gasteiger partial charge in [0.2, 0.25) is 0 Å². The Morgan fingerprint density at radius 1 is 1.17 bits per heavy atom. The van der Waals surface area contributed by atoms with Crippen molar-refractivity contribution in [3.63, 3.8) is 0 Å². The molecule has 0 bridgehead atoms. The van der Waals surface area contributed by atoms with E-state index in [0.717, 1.165) is 16.9 Å². The summed E-state index contributed by atoms with van der Waals surface area (Å²) in [7, 11) is 0. The fourth-order valence-electron chi connectivity index (χ4n) is 2.69. The maximum atomic E-state index is 9.19. The Labute approximate surface area is 141 Å². The van der Waals surface area contributed by atoms with Crippen LogP contribution >= 0.6 is 0 Å². The molecule has 0 spiro atoms. The van der Waals surface area contributed by atoms with Crippen LogP contribution in [-0.4, -0.2) is 14.8 Å². The quantitative estimate of drug-likeness (QED) is 0.791. The lowest BCUT2D eigenvalue weighted by atomic mass is 10.1. The number of hydrogen-bond acceptors (Lipinski definition) is 4. The van der Waals surface area contributed by atoms with Crippen molar-refractivity contribution in [3.8, 4) is 11.8 Å².